The van der Waals surface area contributed by atoms with Gasteiger partial charge in [-0.1, -0.05) is 56.3 Å². The highest BCUT2D eigenvalue weighted by Gasteiger charge is 2.29. The fourth-order valence-corrected chi connectivity index (χ4v) is 4.81. The smallest absolute Gasteiger partial charge is 0.335 e. The molecule has 1 amide bonds. The number of hydrogen-bond acceptors (Lipinski definition) is 4. The van der Waals surface area contributed by atoms with Gasteiger partial charge in [-0.05, 0) is 79.1 Å². The monoisotopic (exact) mass is 499 g/mol. The number of hydrogen-bond donors (Lipinski definition) is 1. The summed E-state index contributed by atoms with van der Waals surface area (Å²) in [6, 6.07) is 19.0. The first-order chi connectivity index (χ1) is 17.8. The zero-order valence-corrected chi connectivity index (χ0v) is 22.1. The lowest BCUT2D eigenvalue weighted by molar-refractivity contribution is 0.0540. The molecule has 1 aliphatic rings. The molecule has 0 saturated carbocycles. The van der Waals surface area contributed by atoms with Crippen LogP contribution in [0.25, 0.3) is 11.1 Å². The van der Waals surface area contributed by atoms with E-state index in [2.05, 4.69) is 35.9 Å². The zero-order valence-electron chi connectivity index (χ0n) is 22.1. The molecule has 1 fully saturated rings. The third-order valence-electron chi connectivity index (χ3n) is 7.18. The number of aromatic nitrogens is 1. The van der Waals surface area contributed by atoms with Crippen molar-refractivity contribution >= 4 is 11.9 Å². The van der Waals surface area contributed by atoms with Crippen LogP contribution in [0.2, 0.25) is 0 Å². The number of carbonyl (C=O) groups excluding carboxylic acids is 1. The van der Waals surface area contributed by atoms with E-state index >= 15 is 0 Å². The van der Waals surface area contributed by atoms with Crippen LogP contribution in [-0.2, 0) is 6.54 Å². The Morgan fingerprint density at radius 3 is 2.14 bits per heavy atom. The third kappa shape index (κ3) is 7.04. The topological polar surface area (TPSA) is 73.7 Å². The number of aromatic carboxylic acids is 1. The van der Waals surface area contributed by atoms with Crippen molar-refractivity contribution in [3.63, 3.8) is 0 Å². The van der Waals surface area contributed by atoms with E-state index in [0.29, 0.717) is 18.2 Å². The first-order valence-corrected chi connectivity index (χ1v) is 13.2. The fourth-order valence-electron chi connectivity index (χ4n) is 4.81. The number of aryl methyl sites for hydroxylation is 1. The summed E-state index contributed by atoms with van der Waals surface area (Å²) in [5.41, 5.74) is 4.83. The summed E-state index contributed by atoms with van der Waals surface area (Å²) in [6.07, 6.45) is 4.88. The number of carboxylic acid groups (broad SMARTS) is 1. The molecule has 0 unspecified atom stereocenters. The Morgan fingerprint density at radius 2 is 1.59 bits per heavy atom. The Labute approximate surface area is 220 Å². The molecule has 4 rings (SSSR count). The summed E-state index contributed by atoms with van der Waals surface area (Å²) in [7, 11) is 0. The molecule has 1 saturated heterocycles. The number of pyridine rings is 1. The maximum atomic E-state index is 13.6. The molecule has 6 heteroatoms. The SMILES string of the molecule is Cc1ccc(C(=O)N(Cc2ccc(-c3ccc(C(=O)O)cc3)cc2)C2CCN(CCC(C)C)CC2)nc1. The van der Waals surface area contributed by atoms with Crippen LogP contribution in [-0.4, -0.2) is 57.4 Å². The van der Waals surface area contributed by atoms with Crippen molar-refractivity contribution in [1.29, 1.82) is 0 Å². The molecule has 194 valence electrons. The average molecular weight is 500 g/mol. The molecule has 6 nitrogen and oxygen atoms in total. The van der Waals surface area contributed by atoms with E-state index in [1.54, 1.807) is 18.3 Å². The van der Waals surface area contributed by atoms with Gasteiger partial charge in [0.2, 0.25) is 0 Å². The minimum atomic E-state index is -0.930. The van der Waals surface area contributed by atoms with E-state index in [4.69, 9.17) is 5.11 Å². The Hall–Kier alpha value is -3.51. The summed E-state index contributed by atoms with van der Waals surface area (Å²) in [5.74, 6) is -0.254. The van der Waals surface area contributed by atoms with Gasteiger partial charge < -0.3 is 14.9 Å². The van der Waals surface area contributed by atoms with Crippen molar-refractivity contribution in [1.82, 2.24) is 14.8 Å². The number of likely N-dealkylation sites (tertiary alicyclic amines) is 1. The van der Waals surface area contributed by atoms with Gasteiger partial charge >= 0.3 is 5.97 Å². The maximum Gasteiger partial charge on any atom is 0.335 e. The molecule has 0 atom stereocenters. The zero-order chi connectivity index (χ0) is 26.4. The predicted octanol–water partition coefficient (Wildman–Crippen LogP) is 5.91. The Bertz CT molecular complexity index is 1180. The Kier molecular flexibility index (Phi) is 8.72. The summed E-state index contributed by atoms with van der Waals surface area (Å²) >= 11 is 0. The molecule has 1 aliphatic heterocycles. The van der Waals surface area contributed by atoms with Crippen LogP contribution >= 0.6 is 0 Å². The van der Waals surface area contributed by atoms with E-state index in [1.165, 1.54) is 6.42 Å². The Balaban J connectivity index is 1.49. The number of benzene rings is 2. The lowest BCUT2D eigenvalue weighted by atomic mass is 9.99. The lowest BCUT2D eigenvalue weighted by Crippen LogP contribution is -2.47. The maximum absolute atomic E-state index is 13.6. The number of carboxylic acids is 1. The Morgan fingerprint density at radius 1 is 0.973 bits per heavy atom. The summed E-state index contributed by atoms with van der Waals surface area (Å²) in [4.78, 5) is 33.7. The molecular formula is C31H37N3O3. The fraction of sp³-hybridized carbons (Fsp3) is 0.387. The minimum absolute atomic E-state index is 0.0195. The van der Waals surface area contributed by atoms with E-state index in [-0.39, 0.29) is 17.5 Å². The van der Waals surface area contributed by atoms with Crippen LogP contribution in [0.5, 0.6) is 0 Å². The molecule has 1 N–H and O–H groups in total. The number of carbonyl (C=O) groups is 2. The first kappa shape index (κ1) is 26.6. The van der Waals surface area contributed by atoms with Crippen LogP contribution in [0.4, 0.5) is 0 Å². The standard InChI is InChI=1S/C31H37N3O3/c1-22(2)14-17-33-18-15-28(16-19-33)34(30(35)29-13-4-23(3)20-32-29)21-24-5-7-25(8-6-24)26-9-11-27(12-10-26)31(36)37/h4-13,20,22,28H,14-19,21H2,1-3H3,(H,36,37). The van der Waals surface area contributed by atoms with Crippen LogP contribution in [0.1, 0.15) is 65.1 Å². The van der Waals surface area contributed by atoms with Gasteiger partial charge in [0.15, 0.2) is 0 Å². The second-order valence-electron chi connectivity index (χ2n) is 10.5. The van der Waals surface area contributed by atoms with Crippen molar-refractivity contribution in [3.8, 4) is 11.1 Å². The molecular weight excluding hydrogens is 462 g/mol. The predicted molar refractivity (Wildman–Crippen MR) is 147 cm³/mol. The molecule has 1 aromatic heterocycles. The van der Waals surface area contributed by atoms with E-state index in [9.17, 15) is 9.59 Å². The van der Waals surface area contributed by atoms with Crippen LogP contribution in [0.15, 0.2) is 66.9 Å². The molecule has 2 heterocycles. The quantitative estimate of drug-likeness (QED) is 0.396. The molecule has 3 aromatic rings. The highest BCUT2D eigenvalue weighted by molar-refractivity contribution is 5.92. The van der Waals surface area contributed by atoms with Crippen molar-refractivity contribution in [2.75, 3.05) is 19.6 Å². The number of piperidine rings is 1. The van der Waals surface area contributed by atoms with Gasteiger partial charge in [-0.3, -0.25) is 9.78 Å². The van der Waals surface area contributed by atoms with Crippen molar-refractivity contribution < 1.29 is 14.7 Å². The van der Waals surface area contributed by atoms with Crippen LogP contribution in [0.3, 0.4) is 0 Å². The second kappa shape index (κ2) is 12.2. The largest absolute Gasteiger partial charge is 0.478 e. The molecule has 37 heavy (non-hydrogen) atoms. The number of nitrogens with zero attached hydrogens (tertiary/aromatic N) is 3. The minimum Gasteiger partial charge on any atom is -0.478 e. The van der Waals surface area contributed by atoms with E-state index in [1.807, 2.05) is 48.2 Å². The normalized spacial score (nSPS) is 14.6. The summed E-state index contributed by atoms with van der Waals surface area (Å²) in [6.45, 7) is 10.2. The average Bonchev–Trinajstić information content (AvgIpc) is 2.91. The first-order valence-electron chi connectivity index (χ1n) is 13.2. The lowest BCUT2D eigenvalue weighted by Gasteiger charge is -2.38. The van der Waals surface area contributed by atoms with Gasteiger partial charge in [-0.25, -0.2) is 4.79 Å². The van der Waals surface area contributed by atoms with Crippen molar-refractivity contribution in [2.45, 2.75) is 52.6 Å². The highest BCUT2D eigenvalue weighted by Crippen LogP contribution is 2.24. The molecule has 2 aromatic carbocycles. The van der Waals surface area contributed by atoms with Gasteiger partial charge in [0.25, 0.3) is 5.91 Å². The highest BCUT2D eigenvalue weighted by atomic mass is 16.4. The summed E-state index contributed by atoms with van der Waals surface area (Å²) in [5, 5.41) is 9.14. The molecule has 0 spiro atoms. The van der Waals surface area contributed by atoms with Gasteiger partial charge in [0.05, 0.1) is 5.56 Å². The van der Waals surface area contributed by atoms with Crippen LogP contribution in [0, 0.1) is 12.8 Å². The molecule has 0 radical (unpaired) electrons. The van der Waals surface area contributed by atoms with Crippen molar-refractivity contribution in [3.05, 3.63) is 89.2 Å². The summed E-state index contributed by atoms with van der Waals surface area (Å²) < 4.78 is 0. The third-order valence-corrected chi connectivity index (χ3v) is 7.18. The number of amides is 1. The molecule has 0 bridgehead atoms. The number of rotatable bonds is 9. The van der Waals surface area contributed by atoms with Gasteiger partial charge in [-0.2, -0.15) is 0 Å². The van der Waals surface area contributed by atoms with Crippen molar-refractivity contribution in [2.24, 2.45) is 5.92 Å². The molecule has 0 aliphatic carbocycles. The second-order valence-corrected chi connectivity index (χ2v) is 10.5. The van der Waals surface area contributed by atoms with Gasteiger partial charge in [0, 0.05) is 31.9 Å². The van der Waals surface area contributed by atoms with Crippen LogP contribution < -0.4 is 0 Å². The van der Waals surface area contributed by atoms with E-state index < -0.39 is 5.97 Å². The van der Waals surface area contributed by atoms with Gasteiger partial charge in [-0.15, -0.1) is 0 Å². The van der Waals surface area contributed by atoms with E-state index in [0.717, 1.165) is 54.7 Å². The van der Waals surface area contributed by atoms with Gasteiger partial charge in [0.1, 0.15) is 5.69 Å².